The lowest BCUT2D eigenvalue weighted by atomic mass is 9.97. The molecule has 0 heterocycles. The standard InChI is InChI=1S/C14H11Cl2F2N/c1-7-2-4-10(13(18)12(7)17)14(19)9-5-3-8(15)6-11(9)16/h2-6,14H,19H2,1H3. The zero-order chi connectivity index (χ0) is 14.2. The van der Waals surface area contributed by atoms with Gasteiger partial charge in [-0.15, -0.1) is 0 Å². The molecule has 1 nitrogen and oxygen atoms in total. The predicted octanol–water partition coefficient (Wildman–Crippen LogP) is 4.63. The van der Waals surface area contributed by atoms with Gasteiger partial charge in [-0.25, -0.2) is 8.78 Å². The van der Waals surface area contributed by atoms with Gasteiger partial charge in [0.15, 0.2) is 11.6 Å². The average Bonchev–Trinajstić information content (AvgIpc) is 2.35. The Balaban J connectivity index is 2.50. The van der Waals surface area contributed by atoms with Crippen molar-refractivity contribution in [2.24, 2.45) is 5.73 Å². The lowest BCUT2D eigenvalue weighted by molar-refractivity contribution is 0.489. The largest absolute Gasteiger partial charge is 0.320 e. The molecule has 0 bridgehead atoms. The fraction of sp³-hybridized carbons (Fsp3) is 0.143. The van der Waals surface area contributed by atoms with E-state index in [1.807, 2.05) is 0 Å². The Hall–Kier alpha value is -1.16. The van der Waals surface area contributed by atoms with E-state index in [0.717, 1.165) is 0 Å². The summed E-state index contributed by atoms with van der Waals surface area (Å²) in [6.45, 7) is 1.49. The number of benzene rings is 2. The van der Waals surface area contributed by atoms with Gasteiger partial charge in [-0.1, -0.05) is 41.4 Å². The molecule has 2 aromatic rings. The van der Waals surface area contributed by atoms with Gasteiger partial charge < -0.3 is 5.73 Å². The van der Waals surface area contributed by atoms with Crippen LogP contribution >= 0.6 is 23.2 Å². The van der Waals surface area contributed by atoms with Gasteiger partial charge in [-0.3, -0.25) is 0 Å². The summed E-state index contributed by atoms with van der Waals surface area (Å²) in [7, 11) is 0. The molecule has 0 aliphatic rings. The second-order valence-electron chi connectivity index (χ2n) is 4.24. The number of hydrogen-bond acceptors (Lipinski definition) is 1. The van der Waals surface area contributed by atoms with Gasteiger partial charge in [0.05, 0.1) is 6.04 Å². The van der Waals surface area contributed by atoms with Crippen LogP contribution in [0.2, 0.25) is 10.0 Å². The van der Waals surface area contributed by atoms with Gasteiger partial charge in [-0.05, 0) is 30.2 Å². The summed E-state index contributed by atoms with van der Waals surface area (Å²) in [5.74, 6) is -1.84. The molecule has 0 spiro atoms. The molecule has 1 atom stereocenters. The van der Waals surface area contributed by atoms with Crippen LogP contribution in [0.15, 0.2) is 30.3 Å². The molecule has 0 saturated carbocycles. The molecule has 5 heteroatoms. The molecule has 1 unspecified atom stereocenters. The zero-order valence-electron chi connectivity index (χ0n) is 10.1. The Morgan fingerprint density at radius 2 is 1.63 bits per heavy atom. The van der Waals surface area contributed by atoms with Crippen molar-refractivity contribution < 1.29 is 8.78 Å². The summed E-state index contributed by atoms with van der Waals surface area (Å²) in [5, 5.41) is 0.775. The van der Waals surface area contributed by atoms with Gasteiger partial charge in [0.2, 0.25) is 0 Å². The SMILES string of the molecule is Cc1ccc(C(N)c2ccc(Cl)cc2Cl)c(F)c1F. The highest BCUT2D eigenvalue weighted by Crippen LogP contribution is 2.31. The van der Waals surface area contributed by atoms with Gasteiger partial charge in [0.1, 0.15) is 0 Å². The first-order valence-corrected chi connectivity index (χ1v) is 6.32. The predicted molar refractivity (Wildman–Crippen MR) is 73.6 cm³/mol. The normalized spacial score (nSPS) is 12.5. The van der Waals surface area contributed by atoms with Crippen LogP contribution in [0, 0.1) is 18.6 Å². The molecule has 0 fully saturated rings. The highest BCUT2D eigenvalue weighted by atomic mass is 35.5. The van der Waals surface area contributed by atoms with E-state index < -0.39 is 17.7 Å². The van der Waals surface area contributed by atoms with Gasteiger partial charge >= 0.3 is 0 Å². The first kappa shape index (κ1) is 14.3. The number of aryl methyl sites for hydroxylation is 1. The van der Waals surface area contributed by atoms with Crippen LogP contribution in [0.1, 0.15) is 22.7 Å². The van der Waals surface area contributed by atoms with Crippen LogP contribution in [0.4, 0.5) is 8.78 Å². The summed E-state index contributed by atoms with van der Waals surface area (Å²) in [6.07, 6.45) is 0. The maximum absolute atomic E-state index is 13.9. The number of hydrogen-bond donors (Lipinski definition) is 1. The molecule has 0 amide bonds. The Kier molecular flexibility index (Phi) is 4.09. The van der Waals surface area contributed by atoms with Crippen LogP contribution in [0.25, 0.3) is 0 Å². The van der Waals surface area contributed by atoms with Gasteiger partial charge in [0, 0.05) is 15.6 Å². The number of halogens is 4. The topological polar surface area (TPSA) is 26.0 Å². The van der Waals surface area contributed by atoms with Crippen LogP contribution in [0.3, 0.4) is 0 Å². The average molecular weight is 302 g/mol. The Morgan fingerprint density at radius 1 is 1.00 bits per heavy atom. The first-order valence-electron chi connectivity index (χ1n) is 5.57. The summed E-state index contributed by atoms with van der Waals surface area (Å²) in [4.78, 5) is 0. The third kappa shape index (κ3) is 2.73. The summed E-state index contributed by atoms with van der Waals surface area (Å²) < 4.78 is 27.4. The Bertz CT molecular complexity index is 629. The molecule has 0 saturated heterocycles. The molecule has 100 valence electrons. The minimum atomic E-state index is -0.946. The molecule has 0 aliphatic heterocycles. The quantitative estimate of drug-likeness (QED) is 0.860. The molecule has 2 N–H and O–H groups in total. The molecular formula is C14H11Cl2F2N. The van der Waals surface area contributed by atoms with Crippen LogP contribution in [0.5, 0.6) is 0 Å². The van der Waals surface area contributed by atoms with Crippen LogP contribution < -0.4 is 5.73 Å². The van der Waals surface area contributed by atoms with E-state index in [1.54, 1.807) is 12.1 Å². The van der Waals surface area contributed by atoms with E-state index in [4.69, 9.17) is 28.9 Å². The van der Waals surface area contributed by atoms with Gasteiger partial charge in [0.25, 0.3) is 0 Å². The minimum Gasteiger partial charge on any atom is -0.320 e. The highest BCUT2D eigenvalue weighted by Gasteiger charge is 2.19. The third-order valence-electron chi connectivity index (χ3n) is 2.94. The van der Waals surface area contributed by atoms with Crippen LogP contribution in [-0.2, 0) is 0 Å². The van der Waals surface area contributed by atoms with Crippen LogP contribution in [-0.4, -0.2) is 0 Å². The second-order valence-corrected chi connectivity index (χ2v) is 5.09. The maximum atomic E-state index is 13.9. The highest BCUT2D eigenvalue weighted by molar-refractivity contribution is 6.35. The van der Waals surface area contributed by atoms with E-state index >= 15 is 0 Å². The van der Waals surface area contributed by atoms with E-state index in [9.17, 15) is 8.78 Å². The van der Waals surface area contributed by atoms with Gasteiger partial charge in [-0.2, -0.15) is 0 Å². The van der Waals surface area contributed by atoms with Crippen molar-refractivity contribution in [2.45, 2.75) is 13.0 Å². The van der Waals surface area contributed by atoms with Crippen molar-refractivity contribution in [2.75, 3.05) is 0 Å². The summed E-state index contributed by atoms with van der Waals surface area (Å²) >= 11 is 11.8. The van der Waals surface area contributed by atoms with E-state index in [1.165, 1.54) is 25.1 Å². The van der Waals surface area contributed by atoms with Crippen molar-refractivity contribution in [3.63, 3.8) is 0 Å². The lowest BCUT2D eigenvalue weighted by Gasteiger charge is -2.16. The second kappa shape index (κ2) is 5.45. The van der Waals surface area contributed by atoms with Crippen molar-refractivity contribution in [1.29, 1.82) is 0 Å². The smallest absolute Gasteiger partial charge is 0.164 e. The molecule has 0 aliphatic carbocycles. The Labute approximate surface area is 119 Å². The summed E-state index contributed by atoms with van der Waals surface area (Å²) in [5.41, 5.74) is 6.74. The number of rotatable bonds is 2. The fourth-order valence-electron chi connectivity index (χ4n) is 1.82. The first-order chi connectivity index (χ1) is 8.91. The third-order valence-corrected chi connectivity index (χ3v) is 3.50. The van der Waals surface area contributed by atoms with E-state index in [-0.39, 0.29) is 11.1 Å². The summed E-state index contributed by atoms with van der Waals surface area (Å²) in [6, 6.07) is 6.82. The monoisotopic (exact) mass is 301 g/mol. The van der Waals surface area contributed by atoms with Crippen molar-refractivity contribution >= 4 is 23.2 Å². The number of nitrogens with two attached hydrogens (primary N) is 1. The fourth-order valence-corrected chi connectivity index (χ4v) is 2.35. The molecule has 2 aromatic carbocycles. The lowest BCUT2D eigenvalue weighted by Crippen LogP contribution is -2.15. The maximum Gasteiger partial charge on any atom is 0.164 e. The molecule has 0 radical (unpaired) electrons. The van der Waals surface area contributed by atoms with Crippen molar-refractivity contribution in [3.8, 4) is 0 Å². The molecule has 2 rings (SSSR count). The Morgan fingerprint density at radius 3 is 2.26 bits per heavy atom. The van der Waals surface area contributed by atoms with E-state index in [0.29, 0.717) is 15.6 Å². The molecule has 0 aromatic heterocycles. The zero-order valence-corrected chi connectivity index (χ0v) is 11.6. The van der Waals surface area contributed by atoms with Crippen molar-refractivity contribution in [3.05, 3.63) is 68.7 Å². The van der Waals surface area contributed by atoms with Crippen molar-refractivity contribution in [1.82, 2.24) is 0 Å². The molecule has 19 heavy (non-hydrogen) atoms. The molecular weight excluding hydrogens is 291 g/mol. The minimum absolute atomic E-state index is 0.0623. The van der Waals surface area contributed by atoms with E-state index in [2.05, 4.69) is 0 Å².